The van der Waals surface area contributed by atoms with Gasteiger partial charge in [-0.2, -0.15) is 0 Å². The van der Waals surface area contributed by atoms with Crippen molar-refractivity contribution in [2.24, 2.45) is 0 Å². The van der Waals surface area contributed by atoms with Crippen LogP contribution in [0.4, 0.5) is 13.2 Å². The van der Waals surface area contributed by atoms with Crippen LogP contribution in [0.1, 0.15) is 5.56 Å². The van der Waals surface area contributed by atoms with Crippen LogP contribution >= 0.6 is 0 Å². The van der Waals surface area contributed by atoms with Crippen molar-refractivity contribution in [1.82, 2.24) is 0 Å². The molecule has 118 valence electrons. The average Bonchev–Trinajstić information content (AvgIpc) is 2.50. The Balaban J connectivity index is 1.73. The minimum atomic E-state index is -1.03. The Morgan fingerprint density at radius 2 is 1.68 bits per heavy atom. The fourth-order valence-corrected chi connectivity index (χ4v) is 1.73. The highest BCUT2D eigenvalue weighted by Crippen LogP contribution is 2.15. The first-order valence-electron chi connectivity index (χ1n) is 6.63. The Labute approximate surface area is 125 Å². The first kappa shape index (κ1) is 16.3. The van der Waals surface area contributed by atoms with Crippen molar-refractivity contribution in [3.63, 3.8) is 0 Å². The summed E-state index contributed by atoms with van der Waals surface area (Å²) in [5.41, 5.74) is 0.385. The minimum absolute atomic E-state index is 0.0227. The lowest BCUT2D eigenvalue weighted by molar-refractivity contribution is 0.00470. The summed E-state index contributed by atoms with van der Waals surface area (Å²) in [6.07, 6.45) is -0.972. The summed E-state index contributed by atoms with van der Waals surface area (Å²) in [5.74, 6) is -2.27. The lowest BCUT2D eigenvalue weighted by Gasteiger charge is -2.13. The summed E-state index contributed by atoms with van der Waals surface area (Å²) >= 11 is 0. The van der Waals surface area contributed by atoms with Gasteiger partial charge in [0, 0.05) is 11.6 Å². The molecule has 0 aromatic heterocycles. The van der Waals surface area contributed by atoms with Crippen molar-refractivity contribution in [2.75, 3.05) is 13.2 Å². The Bertz CT molecular complexity index is 619. The molecule has 0 heterocycles. The molecule has 0 radical (unpaired) electrons. The highest BCUT2D eigenvalue weighted by molar-refractivity contribution is 5.23. The third-order valence-corrected chi connectivity index (χ3v) is 2.86. The first-order chi connectivity index (χ1) is 10.6. The first-order valence-corrected chi connectivity index (χ1v) is 6.63. The van der Waals surface area contributed by atoms with Gasteiger partial charge in [-0.15, -0.1) is 0 Å². The Morgan fingerprint density at radius 3 is 2.41 bits per heavy atom. The molecule has 0 aliphatic carbocycles. The van der Waals surface area contributed by atoms with Gasteiger partial charge >= 0.3 is 0 Å². The fourth-order valence-electron chi connectivity index (χ4n) is 1.73. The van der Waals surface area contributed by atoms with E-state index in [1.54, 1.807) is 18.2 Å². The molecule has 3 nitrogen and oxygen atoms in total. The Kier molecular flexibility index (Phi) is 5.80. The quantitative estimate of drug-likeness (QED) is 0.854. The van der Waals surface area contributed by atoms with Crippen LogP contribution in [0.15, 0.2) is 42.5 Å². The molecule has 2 aromatic carbocycles. The van der Waals surface area contributed by atoms with Gasteiger partial charge in [0.05, 0.1) is 13.2 Å². The van der Waals surface area contributed by atoms with Crippen molar-refractivity contribution < 1.29 is 27.8 Å². The number of hydrogen-bond donors (Lipinski definition) is 1. The van der Waals surface area contributed by atoms with Crippen LogP contribution in [0.2, 0.25) is 0 Å². The number of aliphatic hydroxyl groups is 1. The molecule has 1 unspecified atom stereocenters. The zero-order chi connectivity index (χ0) is 15.9. The van der Waals surface area contributed by atoms with Crippen molar-refractivity contribution in [3.05, 3.63) is 65.5 Å². The Hall–Kier alpha value is -2.05. The monoisotopic (exact) mass is 312 g/mol. The predicted molar refractivity (Wildman–Crippen MR) is 73.9 cm³/mol. The number of hydrogen-bond acceptors (Lipinski definition) is 3. The van der Waals surface area contributed by atoms with Crippen LogP contribution in [0, 0.1) is 17.5 Å². The molecule has 2 rings (SSSR count). The van der Waals surface area contributed by atoms with Crippen molar-refractivity contribution in [1.29, 1.82) is 0 Å². The smallest absolute Gasteiger partial charge is 0.162 e. The van der Waals surface area contributed by atoms with Gasteiger partial charge in [-0.1, -0.05) is 18.2 Å². The van der Waals surface area contributed by atoms with E-state index in [0.29, 0.717) is 5.56 Å². The molecule has 0 saturated carbocycles. The van der Waals surface area contributed by atoms with Gasteiger partial charge < -0.3 is 14.6 Å². The molecule has 1 atom stereocenters. The summed E-state index contributed by atoms with van der Waals surface area (Å²) in [6.45, 7) is -0.199. The maximum absolute atomic E-state index is 13.3. The van der Waals surface area contributed by atoms with Gasteiger partial charge in [0.2, 0.25) is 0 Å². The maximum atomic E-state index is 13.3. The lowest BCUT2D eigenvalue weighted by Crippen LogP contribution is -2.23. The SMILES string of the molecule is OC(COCc1ccccc1F)COc1ccc(F)c(F)c1. The second kappa shape index (κ2) is 7.82. The molecule has 22 heavy (non-hydrogen) atoms. The van der Waals surface area contributed by atoms with E-state index in [9.17, 15) is 18.3 Å². The van der Waals surface area contributed by atoms with Crippen LogP contribution < -0.4 is 4.74 Å². The normalized spacial score (nSPS) is 12.2. The summed E-state index contributed by atoms with van der Waals surface area (Å²) in [5, 5.41) is 9.67. The molecule has 1 N–H and O–H groups in total. The molecule has 0 aliphatic heterocycles. The topological polar surface area (TPSA) is 38.7 Å². The van der Waals surface area contributed by atoms with E-state index in [-0.39, 0.29) is 31.4 Å². The van der Waals surface area contributed by atoms with Crippen molar-refractivity contribution >= 4 is 0 Å². The average molecular weight is 312 g/mol. The predicted octanol–water partition coefficient (Wildman–Crippen LogP) is 3.06. The third kappa shape index (κ3) is 4.75. The standard InChI is InChI=1S/C16H15F3O3/c17-14-4-2-1-3-11(14)8-21-9-12(20)10-22-13-5-6-15(18)16(19)7-13/h1-7,12,20H,8-10H2. The summed E-state index contributed by atoms with van der Waals surface area (Å²) in [6, 6.07) is 9.24. The number of rotatable bonds is 7. The highest BCUT2D eigenvalue weighted by atomic mass is 19.2. The van der Waals surface area contributed by atoms with E-state index in [4.69, 9.17) is 9.47 Å². The van der Waals surface area contributed by atoms with E-state index in [2.05, 4.69) is 0 Å². The van der Waals surface area contributed by atoms with E-state index in [1.165, 1.54) is 12.1 Å². The molecule has 0 saturated heterocycles. The van der Waals surface area contributed by atoms with Gasteiger partial charge in [-0.25, -0.2) is 13.2 Å². The van der Waals surface area contributed by atoms with Crippen LogP contribution in [0.5, 0.6) is 5.75 Å². The summed E-state index contributed by atoms with van der Waals surface area (Å²) in [7, 11) is 0. The molecular weight excluding hydrogens is 297 g/mol. The summed E-state index contributed by atoms with van der Waals surface area (Å²) < 4.78 is 49.3. The van der Waals surface area contributed by atoms with Crippen molar-refractivity contribution in [2.45, 2.75) is 12.7 Å². The van der Waals surface area contributed by atoms with Gasteiger partial charge in [0.15, 0.2) is 11.6 Å². The largest absolute Gasteiger partial charge is 0.491 e. The molecule has 0 spiro atoms. The molecule has 0 bridgehead atoms. The lowest BCUT2D eigenvalue weighted by atomic mass is 10.2. The van der Waals surface area contributed by atoms with E-state index >= 15 is 0 Å². The number of halogens is 3. The molecular formula is C16H15F3O3. The van der Waals surface area contributed by atoms with Gasteiger partial charge in [0.25, 0.3) is 0 Å². The summed E-state index contributed by atoms with van der Waals surface area (Å²) in [4.78, 5) is 0. The zero-order valence-corrected chi connectivity index (χ0v) is 11.6. The molecule has 2 aromatic rings. The second-order valence-electron chi connectivity index (χ2n) is 4.65. The Morgan fingerprint density at radius 1 is 0.909 bits per heavy atom. The molecule has 0 amide bonds. The van der Waals surface area contributed by atoms with Crippen LogP contribution in [0.25, 0.3) is 0 Å². The van der Waals surface area contributed by atoms with E-state index in [1.807, 2.05) is 0 Å². The maximum Gasteiger partial charge on any atom is 0.162 e. The third-order valence-electron chi connectivity index (χ3n) is 2.86. The minimum Gasteiger partial charge on any atom is -0.491 e. The van der Waals surface area contributed by atoms with Gasteiger partial charge in [-0.05, 0) is 18.2 Å². The number of aliphatic hydroxyl groups excluding tert-OH is 1. The second-order valence-corrected chi connectivity index (χ2v) is 4.65. The highest BCUT2D eigenvalue weighted by Gasteiger charge is 2.09. The van der Waals surface area contributed by atoms with Crippen LogP contribution in [-0.2, 0) is 11.3 Å². The van der Waals surface area contributed by atoms with Crippen LogP contribution in [0.3, 0.4) is 0 Å². The molecule has 0 aliphatic rings. The number of benzene rings is 2. The fraction of sp³-hybridized carbons (Fsp3) is 0.250. The van der Waals surface area contributed by atoms with Crippen molar-refractivity contribution in [3.8, 4) is 5.75 Å². The number of ether oxygens (including phenoxy) is 2. The van der Waals surface area contributed by atoms with E-state index < -0.39 is 17.7 Å². The molecule has 0 fully saturated rings. The van der Waals surface area contributed by atoms with Gasteiger partial charge in [0.1, 0.15) is 24.3 Å². The van der Waals surface area contributed by atoms with Crippen LogP contribution in [-0.4, -0.2) is 24.4 Å². The van der Waals surface area contributed by atoms with E-state index in [0.717, 1.165) is 12.1 Å². The zero-order valence-electron chi connectivity index (χ0n) is 11.6. The van der Waals surface area contributed by atoms with Gasteiger partial charge in [-0.3, -0.25) is 0 Å². The molecule has 6 heteroatoms.